The van der Waals surface area contributed by atoms with Gasteiger partial charge in [-0.05, 0) is 51.5 Å². The number of para-hydroxylation sites is 1. The highest BCUT2D eigenvalue weighted by molar-refractivity contribution is 14.0. The Hall–Kier alpha value is -1.06. The zero-order valence-electron chi connectivity index (χ0n) is 18.7. The molecule has 0 bridgehead atoms. The highest BCUT2D eigenvalue weighted by Gasteiger charge is 2.43. The summed E-state index contributed by atoms with van der Waals surface area (Å²) in [4.78, 5) is 4.81. The molecule has 1 saturated carbocycles. The minimum absolute atomic E-state index is 0. The number of rotatable bonds is 8. The van der Waals surface area contributed by atoms with E-state index in [1.54, 1.807) is 0 Å². The van der Waals surface area contributed by atoms with E-state index in [1.807, 2.05) is 0 Å². The normalized spacial score (nSPS) is 24.4. The lowest BCUT2D eigenvalue weighted by molar-refractivity contribution is 0.0396. The first-order chi connectivity index (χ1) is 14.8. The monoisotopic (exact) mass is 543 g/mol. The minimum Gasteiger partial charge on any atom is -0.487 e. The molecule has 4 rings (SSSR count). The molecule has 174 valence electrons. The SMILES string of the molecule is CCNC(=NCCCOCC1CCOC1)NC1CC2(CCCC2)Oc2ccccc21.I. The van der Waals surface area contributed by atoms with Crippen LogP contribution in [0.5, 0.6) is 5.75 Å². The highest BCUT2D eigenvalue weighted by atomic mass is 127. The molecule has 2 heterocycles. The number of fused-ring (bicyclic) bond motifs is 1. The number of hydrogen-bond acceptors (Lipinski definition) is 4. The third kappa shape index (κ3) is 6.71. The van der Waals surface area contributed by atoms with E-state index in [4.69, 9.17) is 19.2 Å². The Morgan fingerprint density at radius 1 is 1.26 bits per heavy atom. The number of halogens is 1. The Labute approximate surface area is 203 Å². The van der Waals surface area contributed by atoms with Gasteiger partial charge in [0, 0.05) is 44.2 Å². The summed E-state index contributed by atoms with van der Waals surface area (Å²) >= 11 is 0. The largest absolute Gasteiger partial charge is 0.487 e. The summed E-state index contributed by atoms with van der Waals surface area (Å²) in [7, 11) is 0. The molecule has 31 heavy (non-hydrogen) atoms. The Kier molecular flexibility index (Phi) is 9.72. The fourth-order valence-electron chi connectivity index (χ4n) is 4.88. The maximum Gasteiger partial charge on any atom is 0.191 e. The molecule has 2 unspecified atom stereocenters. The predicted molar refractivity (Wildman–Crippen MR) is 135 cm³/mol. The van der Waals surface area contributed by atoms with Crippen molar-refractivity contribution in [1.82, 2.24) is 10.6 Å². The Balaban J connectivity index is 0.00000272. The average molecular weight is 543 g/mol. The molecule has 1 saturated heterocycles. The summed E-state index contributed by atoms with van der Waals surface area (Å²) in [5.41, 5.74) is 1.23. The smallest absolute Gasteiger partial charge is 0.191 e. The number of aliphatic imine (C=N–C) groups is 1. The third-order valence-corrected chi connectivity index (χ3v) is 6.46. The van der Waals surface area contributed by atoms with Gasteiger partial charge in [0.05, 0.1) is 19.3 Å². The van der Waals surface area contributed by atoms with Crippen molar-refractivity contribution >= 4 is 29.9 Å². The fraction of sp³-hybridized carbons (Fsp3) is 0.708. The maximum absolute atomic E-state index is 6.49. The summed E-state index contributed by atoms with van der Waals surface area (Å²) in [5, 5.41) is 7.12. The van der Waals surface area contributed by atoms with E-state index in [1.165, 1.54) is 18.4 Å². The summed E-state index contributed by atoms with van der Waals surface area (Å²) < 4.78 is 17.7. The van der Waals surface area contributed by atoms with Crippen LogP contribution in [0.1, 0.15) is 63.5 Å². The number of nitrogens with zero attached hydrogens (tertiary/aromatic N) is 1. The quantitative estimate of drug-likeness (QED) is 0.220. The molecule has 0 amide bonds. The molecular formula is C24H38IN3O3. The molecule has 3 aliphatic rings. The van der Waals surface area contributed by atoms with E-state index in [9.17, 15) is 0 Å². The average Bonchev–Trinajstić information content (AvgIpc) is 3.43. The molecule has 1 aliphatic carbocycles. The third-order valence-electron chi connectivity index (χ3n) is 6.46. The highest BCUT2D eigenvalue weighted by Crippen LogP contribution is 2.46. The van der Waals surface area contributed by atoms with Crippen LogP contribution in [0.3, 0.4) is 0 Å². The van der Waals surface area contributed by atoms with Gasteiger partial charge in [0.1, 0.15) is 11.4 Å². The first-order valence-electron chi connectivity index (χ1n) is 11.8. The van der Waals surface area contributed by atoms with Crippen LogP contribution < -0.4 is 15.4 Å². The van der Waals surface area contributed by atoms with Crippen molar-refractivity contribution in [2.75, 3.05) is 39.5 Å². The second-order valence-electron chi connectivity index (χ2n) is 8.85. The summed E-state index contributed by atoms with van der Waals surface area (Å²) in [5.74, 6) is 2.49. The van der Waals surface area contributed by atoms with Gasteiger partial charge in [-0.25, -0.2) is 0 Å². The van der Waals surface area contributed by atoms with Gasteiger partial charge in [0.15, 0.2) is 5.96 Å². The molecular weight excluding hydrogens is 505 g/mol. The molecule has 0 radical (unpaired) electrons. The van der Waals surface area contributed by atoms with Crippen molar-refractivity contribution in [2.45, 2.75) is 63.5 Å². The van der Waals surface area contributed by atoms with Gasteiger partial charge in [0.25, 0.3) is 0 Å². The van der Waals surface area contributed by atoms with E-state index < -0.39 is 0 Å². The van der Waals surface area contributed by atoms with E-state index in [-0.39, 0.29) is 35.6 Å². The van der Waals surface area contributed by atoms with Crippen LogP contribution in [0.4, 0.5) is 0 Å². The van der Waals surface area contributed by atoms with Gasteiger partial charge >= 0.3 is 0 Å². The lowest BCUT2D eigenvalue weighted by atomic mass is 9.86. The molecule has 2 N–H and O–H groups in total. The van der Waals surface area contributed by atoms with Gasteiger partial charge in [0.2, 0.25) is 0 Å². The first kappa shape index (κ1) is 24.6. The zero-order valence-corrected chi connectivity index (χ0v) is 21.1. The van der Waals surface area contributed by atoms with Gasteiger partial charge in [-0.3, -0.25) is 4.99 Å². The summed E-state index contributed by atoms with van der Waals surface area (Å²) in [6.07, 6.45) is 7.87. The fourth-order valence-corrected chi connectivity index (χ4v) is 4.88. The topological polar surface area (TPSA) is 64.1 Å². The second kappa shape index (κ2) is 12.3. The van der Waals surface area contributed by atoms with E-state index in [2.05, 4.69) is 41.8 Å². The number of benzene rings is 1. The van der Waals surface area contributed by atoms with E-state index in [0.717, 1.165) is 83.3 Å². The standard InChI is InChI=1S/C24H37N3O3.HI/c1-2-25-23(26-13-7-14-28-17-19-10-15-29-18-19)27-21-16-24(11-5-6-12-24)30-22-9-4-3-8-20(21)22;/h3-4,8-9,19,21H,2,5-7,10-18H2,1H3,(H2,25,26,27);1H. The number of hydrogen-bond donors (Lipinski definition) is 2. The van der Waals surface area contributed by atoms with Gasteiger partial charge < -0.3 is 24.8 Å². The summed E-state index contributed by atoms with van der Waals surface area (Å²) in [6.45, 7) is 7.01. The lowest BCUT2D eigenvalue weighted by Crippen LogP contribution is -2.46. The van der Waals surface area contributed by atoms with E-state index >= 15 is 0 Å². The van der Waals surface area contributed by atoms with Gasteiger partial charge in [-0.2, -0.15) is 0 Å². The zero-order chi connectivity index (χ0) is 20.7. The number of nitrogens with one attached hydrogen (secondary N) is 2. The van der Waals surface area contributed by atoms with E-state index in [0.29, 0.717) is 5.92 Å². The molecule has 2 aliphatic heterocycles. The molecule has 2 fully saturated rings. The van der Waals surface area contributed by atoms with Crippen molar-refractivity contribution in [3.05, 3.63) is 29.8 Å². The molecule has 1 aromatic carbocycles. The number of ether oxygens (including phenoxy) is 3. The first-order valence-corrected chi connectivity index (χ1v) is 11.8. The summed E-state index contributed by atoms with van der Waals surface area (Å²) in [6, 6.07) is 8.68. The predicted octanol–water partition coefficient (Wildman–Crippen LogP) is 4.44. The molecule has 6 nitrogen and oxygen atoms in total. The molecule has 1 spiro atoms. The van der Waals surface area contributed by atoms with Crippen LogP contribution in [-0.4, -0.2) is 51.1 Å². The second-order valence-corrected chi connectivity index (χ2v) is 8.85. The molecule has 0 aromatic heterocycles. The van der Waals surface area contributed by atoms with Crippen LogP contribution in [-0.2, 0) is 9.47 Å². The van der Waals surface area contributed by atoms with Crippen LogP contribution in [0.25, 0.3) is 0 Å². The Morgan fingerprint density at radius 2 is 2.10 bits per heavy atom. The van der Waals surface area contributed by atoms with Crippen LogP contribution in [0.15, 0.2) is 29.3 Å². The lowest BCUT2D eigenvalue weighted by Gasteiger charge is -2.40. The Bertz CT molecular complexity index is 703. The van der Waals surface area contributed by atoms with Crippen molar-refractivity contribution in [3.63, 3.8) is 0 Å². The molecule has 2 atom stereocenters. The van der Waals surface area contributed by atoms with Crippen molar-refractivity contribution < 1.29 is 14.2 Å². The van der Waals surface area contributed by atoms with Crippen molar-refractivity contribution in [2.24, 2.45) is 10.9 Å². The van der Waals surface area contributed by atoms with Crippen molar-refractivity contribution in [1.29, 1.82) is 0 Å². The minimum atomic E-state index is -0.0128. The van der Waals surface area contributed by atoms with Crippen LogP contribution in [0, 0.1) is 5.92 Å². The maximum atomic E-state index is 6.49. The van der Waals surface area contributed by atoms with Gasteiger partial charge in [-0.1, -0.05) is 18.2 Å². The van der Waals surface area contributed by atoms with Crippen LogP contribution in [0.2, 0.25) is 0 Å². The number of guanidine groups is 1. The molecule has 1 aromatic rings. The van der Waals surface area contributed by atoms with Crippen molar-refractivity contribution in [3.8, 4) is 5.75 Å². The van der Waals surface area contributed by atoms with Crippen LogP contribution >= 0.6 is 24.0 Å². The Morgan fingerprint density at radius 3 is 2.87 bits per heavy atom. The molecule has 7 heteroatoms. The van der Waals surface area contributed by atoms with Gasteiger partial charge in [-0.15, -0.1) is 24.0 Å².